The van der Waals surface area contributed by atoms with E-state index in [1.807, 2.05) is 19.0 Å². The van der Waals surface area contributed by atoms with Crippen LogP contribution in [0.5, 0.6) is 0 Å². The molecule has 1 aliphatic rings. The quantitative estimate of drug-likeness (QED) is 0.645. The number of aromatic nitrogens is 1. The summed E-state index contributed by atoms with van der Waals surface area (Å²) in [5.74, 6) is -0.629. The molecule has 0 saturated carbocycles. The van der Waals surface area contributed by atoms with E-state index in [-0.39, 0.29) is 41.3 Å². The highest BCUT2D eigenvalue weighted by Crippen LogP contribution is 2.29. The highest BCUT2D eigenvalue weighted by Gasteiger charge is 2.35. The van der Waals surface area contributed by atoms with Gasteiger partial charge in [0.2, 0.25) is 15.9 Å². The van der Waals surface area contributed by atoms with Crippen LogP contribution in [0.2, 0.25) is 0 Å². The predicted octanol–water partition coefficient (Wildman–Crippen LogP) is 2.37. The number of hydrogen-bond acceptors (Lipinski definition) is 6. The van der Waals surface area contributed by atoms with Crippen LogP contribution in [0.3, 0.4) is 0 Å². The van der Waals surface area contributed by atoms with Crippen molar-refractivity contribution in [3.05, 3.63) is 47.1 Å². The Bertz CT molecular complexity index is 1070. The normalized spacial score (nSPS) is 16.2. The molecule has 0 radical (unpaired) electrons. The van der Waals surface area contributed by atoms with E-state index in [0.29, 0.717) is 24.9 Å². The lowest BCUT2D eigenvalue weighted by molar-refractivity contribution is -0.126. The highest BCUT2D eigenvalue weighted by molar-refractivity contribution is 7.89. The van der Waals surface area contributed by atoms with E-state index in [1.54, 1.807) is 25.1 Å². The topological polar surface area (TPSA) is 95.8 Å². The van der Waals surface area contributed by atoms with Gasteiger partial charge in [-0.05, 0) is 52.1 Å². The molecule has 32 heavy (non-hydrogen) atoms. The van der Waals surface area contributed by atoms with E-state index < -0.39 is 15.8 Å². The number of hydrogen-bond donors (Lipinski definition) is 1. The number of piperidine rings is 1. The number of likely N-dealkylation sites (N-methyl/N-ethyl adjacent to an activating group) is 1. The minimum absolute atomic E-state index is 0.0287. The van der Waals surface area contributed by atoms with Gasteiger partial charge in [-0.1, -0.05) is 23.4 Å². The van der Waals surface area contributed by atoms with Crippen molar-refractivity contribution in [2.75, 3.05) is 40.3 Å². The molecule has 10 heteroatoms. The minimum Gasteiger partial charge on any atom is -0.355 e. The Morgan fingerprint density at radius 2 is 1.97 bits per heavy atom. The summed E-state index contributed by atoms with van der Waals surface area (Å²) >= 11 is 0. The van der Waals surface area contributed by atoms with E-state index in [1.165, 1.54) is 22.5 Å². The third-order valence-corrected chi connectivity index (χ3v) is 7.49. The van der Waals surface area contributed by atoms with Crippen LogP contribution in [0.25, 0.3) is 12.2 Å². The zero-order valence-electron chi connectivity index (χ0n) is 18.5. The van der Waals surface area contributed by atoms with Crippen molar-refractivity contribution >= 4 is 28.1 Å². The van der Waals surface area contributed by atoms with E-state index in [0.717, 1.165) is 6.54 Å². The van der Waals surface area contributed by atoms with Gasteiger partial charge in [0.15, 0.2) is 10.7 Å². The number of carbonyl (C=O) groups is 1. The molecule has 8 nitrogen and oxygen atoms in total. The Morgan fingerprint density at radius 3 is 2.62 bits per heavy atom. The second-order valence-electron chi connectivity index (χ2n) is 8.09. The van der Waals surface area contributed by atoms with Gasteiger partial charge < -0.3 is 14.7 Å². The zero-order chi connectivity index (χ0) is 23.3. The number of benzene rings is 1. The Balaban J connectivity index is 1.70. The van der Waals surface area contributed by atoms with Gasteiger partial charge in [0.25, 0.3) is 0 Å². The van der Waals surface area contributed by atoms with Gasteiger partial charge in [-0.25, -0.2) is 12.8 Å². The van der Waals surface area contributed by atoms with Crippen LogP contribution in [0.4, 0.5) is 4.39 Å². The molecule has 1 amide bonds. The number of nitrogens with zero attached hydrogens (tertiary/aromatic N) is 3. The fourth-order valence-corrected chi connectivity index (χ4v) is 5.33. The summed E-state index contributed by atoms with van der Waals surface area (Å²) in [7, 11) is -0.0130. The third-order valence-electron chi connectivity index (χ3n) is 5.43. The number of nitrogens with one attached hydrogen (secondary N) is 1. The largest absolute Gasteiger partial charge is 0.355 e. The molecule has 3 rings (SSSR count). The second kappa shape index (κ2) is 10.4. The fraction of sp³-hybridized carbons (Fsp3) is 0.455. The maximum Gasteiger partial charge on any atom is 0.248 e. The van der Waals surface area contributed by atoms with Gasteiger partial charge >= 0.3 is 0 Å². The molecule has 1 aliphatic heterocycles. The standard InChI is InChI=1S/C22H29FN4O4S/c1-16-21(20(31-25-16)9-8-17-6-4-5-7-19(17)23)32(29,30)27-13-10-18(11-14-27)22(28)24-12-15-26(2)3/h4-9,18H,10-15H2,1-3H3,(H,24,28)/b9-8+. The fourth-order valence-electron chi connectivity index (χ4n) is 3.61. The molecule has 0 aliphatic carbocycles. The number of carbonyl (C=O) groups excluding carboxylic acids is 1. The molecule has 0 atom stereocenters. The summed E-state index contributed by atoms with van der Waals surface area (Å²) in [4.78, 5) is 14.3. The molecule has 1 saturated heterocycles. The van der Waals surface area contributed by atoms with Crippen LogP contribution in [-0.4, -0.2) is 69.0 Å². The number of halogens is 1. The first-order valence-electron chi connectivity index (χ1n) is 10.5. The summed E-state index contributed by atoms with van der Waals surface area (Å²) in [6, 6.07) is 6.17. The lowest BCUT2D eigenvalue weighted by atomic mass is 9.97. The van der Waals surface area contributed by atoms with Crippen molar-refractivity contribution in [1.82, 2.24) is 19.7 Å². The lowest BCUT2D eigenvalue weighted by Crippen LogP contribution is -2.44. The van der Waals surface area contributed by atoms with Crippen molar-refractivity contribution in [2.24, 2.45) is 5.92 Å². The molecule has 1 aromatic heterocycles. The maximum atomic E-state index is 13.9. The van der Waals surface area contributed by atoms with Gasteiger partial charge in [-0.2, -0.15) is 4.31 Å². The van der Waals surface area contributed by atoms with E-state index >= 15 is 0 Å². The molecule has 2 aromatic rings. The summed E-state index contributed by atoms with van der Waals surface area (Å²) in [5.41, 5.74) is 0.549. The van der Waals surface area contributed by atoms with Gasteiger partial charge in [-0.3, -0.25) is 4.79 Å². The van der Waals surface area contributed by atoms with E-state index in [2.05, 4.69) is 10.5 Å². The molecule has 1 aromatic carbocycles. The molecule has 0 spiro atoms. The van der Waals surface area contributed by atoms with Gasteiger partial charge in [0.05, 0.1) is 0 Å². The monoisotopic (exact) mass is 464 g/mol. The van der Waals surface area contributed by atoms with E-state index in [9.17, 15) is 17.6 Å². The summed E-state index contributed by atoms with van der Waals surface area (Å²) < 4.78 is 47.1. The Hall–Kier alpha value is -2.56. The number of aryl methyl sites for hydroxylation is 1. The molecule has 1 N–H and O–H groups in total. The SMILES string of the molecule is Cc1noc(/C=C/c2ccccc2F)c1S(=O)(=O)N1CCC(C(=O)NCCN(C)C)CC1. The molecular weight excluding hydrogens is 435 g/mol. The van der Waals surface area contributed by atoms with Crippen LogP contribution in [0, 0.1) is 18.7 Å². The number of rotatable bonds is 8. The maximum absolute atomic E-state index is 13.9. The van der Waals surface area contributed by atoms with Crippen LogP contribution >= 0.6 is 0 Å². The number of sulfonamides is 1. The van der Waals surface area contributed by atoms with Gasteiger partial charge in [-0.15, -0.1) is 0 Å². The predicted molar refractivity (Wildman–Crippen MR) is 120 cm³/mol. The average molecular weight is 465 g/mol. The summed E-state index contributed by atoms with van der Waals surface area (Å²) in [6.07, 6.45) is 3.75. The molecule has 174 valence electrons. The third kappa shape index (κ3) is 5.62. The van der Waals surface area contributed by atoms with Crippen LogP contribution in [-0.2, 0) is 14.8 Å². The van der Waals surface area contributed by atoms with Crippen LogP contribution in [0.1, 0.15) is 29.9 Å². The highest BCUT2D eigenvalue weighted by atomic mass is 32.2. The molecule has 2 heterocycles. The van der Waals surface area contributed by atoms with Crippen molar-refractivity contribution < 1.29 is 22.1 Å². The first kappa shape index (κ1) is 24.1. The van der Waals surface area contributed by atoms with Crippen LogP contribution in [0.15, 0.2) is 33.7 Å². The Labute approximate surface area is 188 Å². The first-order chi connectivity index (χ1) is 15.2. The molecule has 0 bridgehead atoms. The van der Waals surface area contributed by atoms with Crippen LogP contribution < -0.4 is 5.32 Å². The smallest absolute Gasteiger partial charge is 0.248 e. The minimum atomic E-state index is -3.88. The van der Waals surface area contributed by atoms with Crippen molar-refractivity contribution in [3.63, 3.8) is 0 Å². The van der Waals surface area contributed by atoms with Gasteiger partial charge in [0, 0.05) is 37.7 Å². The second-order valence-corrected chi connectivity index (χ2v) is 9.96. The molecular formula is C22H29FN4O4S. The van der Waals surface area contributed by atoms with Crippen molar-refractivity contribution in [3.8, 4) is 0 Å². The summed E-state index contributed by atoms with van der Waals surface area (Å²) in [5, 5.41) is 6.72. The molecule has 1 fully saturated rings. The zero-order valence-corrected chi connectivity index (χ0v) is 19.4. The summed E-state index contributed by atoms with van der Waals surface area (Å²) in [6.45, 7) is 3.32. The number of amides is 1. The van der Waals surface area contributed by atoms with Gasteiger partial charge in [0.1, 0.15) is 11.5 Å². The Morgan fingerprint density at radius 1 is 1.28 bits per heavy atom. The first-order valence-corrected chi connectivity index (χ1v) is 12.0. The van der Waals surface area contributed by atoms with Crippen molar-refractivity contribution in [2.45, 2.75) is 24.7 Å². The molecule has 0 unspecified atom stereocenters. The van der Waals surface area contributed by atoms with E-state index in [4.69, 9.17) is 4.52 Å². The lowest BCUT2D eigenvalue weighted by Gasteiger charge is -2.30. The Kier molecular flexibility index (Phi) is 7.81. The average Bonchev–Trinajstić information content (AvgIpc) is 3.14. The van der Waals surface area contributed by atoms with Crippen molar-refractivity contribution in [1.29, 1.82) is 0 Å².